The van der Waals surface area contributed by atoms with E-state index in [2.05, 4.69) is 56.3 Å². The SMILES string of the molecule is CC/C=C(\C=C/C(C)c1ccc(C(=O)c2ccccc2)cc1)c1ccc(-c2ccc(C#N)cc2)c(OC)c1. The summed E-state index contributed by atoms with van der Waals surface area (Å²) in [5.74, 6) is 0.997. The predicted molar refractivity (Wildman–Crippen MR) is 155 cm³/mol. The Morgan fingerprint density at radius 3 is 2.18 bits per heavy atom. The van der Waals surface area contributed by atoms with Crippen molar-refractivity contribution in [1.82, 2.24) is 0 Å². The molecule has 1 unspecified atom stereocenters. The van der Waals surface area contributed by atoms with Crippen LogP contribution in [0.5, 0.6) is 5.75 Å². The highest BCUT2D eigenvalue weighted by atomic mass is 16.5. The molecule has 0 fully saturated rings. The van der Waals surface area contributed by atoms with Gasteiger partial charge >= 0.3 is 0 Å². The van der Waals surface area contributed by atoms with Gasteiger partial charge in [-0.25, -0.2) is 0 Å². The van der Waals surface area contributed by atoms with Gasteiger partial charge in [0.2, 0.25) is 0 Å². The summed E-state index contributed by atoms with van der Waals surface area (Å²) in [7, 11) is 1.68. The Kier molecular flexibility index (Phi) is 8.69. The van der Waals surface area contributed by atoms with Crippen molar-refractivity contribution in [3.63, 3.8) is 0 Å². The summed E-state index contributed by atoms with van der Waals surface area (Å²) in [4.78, 5) is 12.7. The molecule has 0 saturated carbocycles. The fourth-order valence-electron chi connectivity index (χ4n) is 4.39. The van der Waals surface area contributed by atoms with E-state index in [1.165, 1.54) is 0 Å². The van der Waals surface area contributed by atoms with Crippen LogP contribution in [0.4, 0.5) is 0 Å². The lowest BCUT2D eigenvalue weighted by Crippen LogP contribution is -2.01. The molecule has 4 aromatic rings. The van der Waals surface area contributed by atoms with Crippen LogP contribution in [0.25, 0.3) is 16.7 Å². The number of rotatable bonds is 9. The zero-order valence-corrected chi connectivity index (χ0v) is 22.0. The molecule has 4 rings (SSSR count). The summed E-state index contributed by atoms with van der Waals surface area (Å²) < 4.78 is 5.74. The van der Waals surface area contributed by atoms with Crippen molar-refractivity contribution >= 4 is 11.4 Å². The summed E-state index contributed by atoms with van der Waals surface area (Å²) in [6.45, 7) is 4.28. The number of ether oxygens (including phenoxy) is 1. The molecule has 0 aliphatic carbocycles. The Labute approximate surface area is 225 Å². The molecule has 1 atom stereocenters. The van der Waals surface area contributed by atoms with Crippen LogP contribution in [0, 0.1) is 11.3 Å². The highest BCUT2D eigenvalue weighted by Crippen LogP contribution is 2.34. The average molecular weight is 498 g/mol. The lowest BCUT2D eigenvalue weighted by molar-refractivity contribution is 0.103. The summed E-state index contributed by atoms with van der Waals surface area (Å²) in [5, 5.41) is 9.09. The topological polar surface area (TPSA) is 50.1 Å². The number of carbonyl (C=O) groups excluding carboxylic acids is 1. The Bertz CT molecular complexity index is 1490. The number of hydrogen-bond donors (Lipinski definition) is 0. The molecule has 0 aliphatic heterocycles. The van der Waals surface area contributed by atoms with E-state index >= 15 is 0 Å². The minimum Gasteiger partial charge on any atom is -0.496 e. The average Bonchev–Trinajstić information content (AvgIpc) is 2.99. The van der Waals surface area contributed by atoms with Crippen molar-refractivity contribution in [2.24, 2.45) is 0 Å². The van der Waals surface area contributed by atoms with Gasteiger partial charge in [-0.05, 0) is 52.8 Å². The molecule has 0 heterocycles. The smallest absolute Gasteiger partial charge is 0.193 e. The molecule has 4 aromatic carbocycles. The highest BCUT2D eigenvalue weighted by molar-refractivity contribution is 6.08. The van der Waals surface area contributed by atoms with Crippen molar-refractivity contribution < 1.29 is 9.53 Å². The minimum absolute atomic E-state index is 0.0342. The summed E-state index contributed by atoms with van der Waals surface area (Å²) in [6.07, 6.45) is 7.47. The molecule has 0 N–H and O–H groups in total. The zero-order valence-electron chi connectivity index (χ0n) is 22.0. The fourth-order valence-corrected chi connectivity index (χ4v) is 4.39. The van der Waals surface area contributed by atoms with Crippen LogP contribution in [0.15, 0.2) is 115 Å². The number of nitrogens with zero attached hydrogens (tertiary/aromatic N) is 1. The molecular formula is C35H31NO2. The fraction of sp³-hybridized carbons (Fsp3) is 0.143. The van der Waals surface area contributed by atoms with Crippen LogP contribution < -0.4 is 4.74 Å². The number of hydrogen-bond acceptors (Lipinski definition) is 3. The molecule has 0 saturated heterocycles. The van der Waals surface area contributed by atoms with Gasteiger partial charge in [0.05, 0.1) is 18.7 Å². The lowest BCUT2D eigenvalue weighted by atomic mass is 9.94. The summed E-state index contributed by atoms with van der Waals surface area (Å²) in [5.41, 5.74) is 7.36. The third-order valence-corrected chi connectivity index (χ3v) is 6.58. The van der Waals surface area contributed by atoms with E-state index in [0.29, 0.717) is 16.7 Å². The molecule has 3 heteroatoms. The largest absolute Gasteiger partial charge is 0.496 e. The van der Waals surface area contributed by atoms with E-state index < -0.39 is 0 Å². The second kappa shape index (κ2) is 12.5. The zero-order chi connectivity index (χ0) is 26.9. The van der Waals surface area contributed by atoms with Crippen molar-refractivity contribution in [1.29, 1.82) is 5.26 Å². The van der Waals surface area contributed by atoms with E-state index in [0.717, 1.165) is 40.0 Å². The van der Waals surface area contributed by atoms with Crippen LogP contribution in [0.1, 0.15) is 58.8 Å². The van der Waals surface area contributed by atoms with Crippen LogP contribution in [0.3, 0.4) is 0 Å². The molecule has 3 nitrogen and oxygen atoms in total. The van der Waals surface area contributed by atoms with E-state index in [4.69, 9.17) is 10.00 Å². The molecule has 0 radical (unpaired) electrons. The predicted octanol–water partition coefficient (Wildman–Crippen LogP) is 8.62. The standard InChI is InChI=1S/C35H31NO2/c1-4-8-28(32-21-22-33(34(23-32)38-3)29-15-12-26(24-36)13-16-29)14-11-25(2)27-17-19-31(20-18-27)35(37)30-9-6-5-7-10-30/h5-23,25H,4H2,1-3H3/b14-11-,28-8+. The monoisotopic (exact) mass is 497 g/mol. The maximum absolute atomic E-state index is 12.7. The minimum atomic E-state index is 0.0342. The Morgan fingerprint density at radius 1 is 0.895 bits per heavy atom. The van der Waals surface area contributed by atoms with E-state index in [9.17, 15) is 4.79 Å². The highest BCUT2D eigenvalue weighted by Gasteiger charge is 2.11. The number of ketones is 1. The normalized spacial score (nSPS) is 12.2. The van der Waals surface area contributed by atoms with Crippen LogP contribution >= 0.6 is 0 Å². The molecule has 0 aromatic heterocycles. The molecule has 0 amide bonds. The van der Waals surface area contributed by atoms with E-state index in [1.807, 2.05) is 78.9 Å². The van der Waals surface area contributed by atoms with Gasteiger partial charge in [0.25, 0.3) is 0 Å². The van der Waals surface area contributed by atoms with Gasteiger partial charge in [-0.2, -0.15) is 5.26 Å². The third kappa shape index (κ3) is 6.17. The second-order valence-electron chi connectivity index (χ2n) is 9.14. The van der Waals surface area contributed by atoms with Crippen LogP contribution in [0.2, 0.25) is 0 Å². The molecule has 0 spiro atoms. The first-order valence-corrected chi connectivity index (χ1v) is 12.8. The summed E-state index contributed by atoms with van der Waals surface area (Å²) in [6, 6.07) is 33.2. The maximum Gasteiger partial charge on any atom is 0.193 e. The number of benzene rings is 4. The van der Waals surface area contributed by atoms with E-state index in [1.54, 1.807) is 7.11 Å². The van der Waals surface area contributed by atoms with Gasteiger partial charge in [-0.1, -0.05) is 111 Å². The number of methoxy groups -OCH3 is 1. The van der Waals surface area contributed by atoms with Crippen molar-refractivity contribution in [2.45, 2.75) is 26.2 Å². The van der Waals surface area contributed by atoms with E-state index in [-0.39, 0.29) is 11.7 Å². The molecule has 0 bridgehead atoms. The Morgan fingerprint density at radius 2 is 1.55 bits per heavy atom. The quantitative estimate of drug-likeness (QED) is 0.172. The maximum atomic E-state index is 12.7. The van der Waals surface area contributed by atoms with Gasteiger partial charge in [-0.15, -0.1) is 0 Å². The number of carbonyl (C=O) groups is 1. The molecular weight excluding hydrogens is 466 g/mol. The first-order valence-electron chi connectivity index (χ1n) is 12.8. The Hall–Kier alpha value is -4.68. The number of nitriles is 1. The van der Waals surface area contributed by atoms with Gasteiger partial charge in [0, 0.05) is 16.7 Å². The number of allylic oxidation sites excluding steroid dienone is 4. The van der Waals surface area contributed by atoms with Crippen molar-refractivity contribution in [3.8, 4) is 22.9 Å². The van der Waals surface area contributed by atoms with Gasteiger partial charge in [0.1, 0.15) is 5.75 Å². The van der Waals surface area contributed by atoms with Crippen molar-refractivity contribution in [3.05, 3.63) is 143 Å². The first kappa shape index (κ1) is 26.4. The van der Waals surface area contributed by atoms with Gasteiger partial charge in [0.15, 0.2) is 5.78 Å². The molecule has 0 aliphatic rings. The second-order valence-corrected chi connectivity index (χ2v) is 9.14. The molecule has 38 heavy (non-hydrogen) atoms. The molecule has 188 valence electrons. The van der Waals surface area contributed by atoms with Gasteiger partial charge < -0.3 is 4.74 Å². The van der Waals surface area contributed by atoms with Crippen LogP contribution in [-0.4, -0.2) is 12.9 Å². The summed E-state index contributed by atoms with van der Waals surface area (Å²) >= 11 is 0. The lowest BCUT2D eigenvalue weighted by Gasteiger charge is -2.13. The van der Waals surface area contributed by atoms with Crippen LogP contribution in [-0.2, 0) is 0 Å². The Balaban J connectivity index is 1.53. The third-order valence-electron chi connectivity index (χ3n) is 6.58. The van der Waals surface area contributed by atoms with Gasteiger partial charge in [-0.3, -0.25) is 4.79 Å². The van der Waals surface area contributed by atoms with Crippen molar-refractivity contribution in [2.75, 3.05) is 7.11 Å². The first-order chi connectivity index (χ1) is 18.5.